The molecule has 0 spiro atoms. The van der Waals surface area contributed by atoms with Crippen molar-refractivity contribution in [2.45, 2.75) is 57.4 Å². The molecule has 4 N–H and O–H groups in total. The highest BCUT2D eigenvalue weighted by molar-refractivity contribution is 7.97. The standard InChI is InChI=1S/C25H32F5N7S/c1-5-7-19-21(33-14-16(3)13-32-20(27)6-2)22(37-24(9-10-24)25(28,29)30)36-23(35-19)34-15-18(8-11-38-31)12-17(4)26/h5-8,12-14,19,21H,2,9-11,15,31H2,1,3-4H3,(H2,34,35,36,37)/b7-5-,16-13+,17-12+,18-8+,32-20?,33-14?. The second-order valence-electron chi connectivity index (χ2n) is 8.61. The van der Waals surface area contributed by atoms with Crippen molar-refractivity contribution in [2.75, 3.05) is 12.3 Å². The molecule has 13 heteroatoms. The van der Waals surface area contributed by atoms with E-state index in [0.717, 1.165) is 18.0 Å². The highest BCUT2D eigenvalue weighted by Gasteiger charge is 2.64. The summed E-state index contributed by atoms with van der Waals surface area (Å²) in [5.41, 5.74) is -1.19. The summed E-state index contributed by atoms with van der Waals surface area (Å²) in [5, 5.41) is 11.4. The number of halogens is 5. The van der Waals surface area contributed by atoms with Gasteiger partial charge >= 0.3 is 6.18 Å². The van der Waals surface area contributed by atoms with Crippen molar-refractivity contribution in [2.24, 2.45) is 25.1 Å². The third kappa shape index (κ3) is 9.35. The number of amidine groups is 1. The molecule has 38 heavy (non-hydrogen) atoms. The Labute approximate surface area is 223 Å². The van der Waals surface area contributed by atoms with Gasteiger partial charge in [-0.25, -0.2) is 14.4 Å². The van der Waals surface area contributed by atoms with Crippen LogP contribution in [0.15, 0.2) is 80.1 Å². The molecule has 0 aromatic rings. The maximum atomic E-state index is 13.8. The zero-order valence-corrected chi connectivity index (χ0v) is 22.2. The van der Waals surface area contributed by atoms with E-state index in [-0.39, 0.29) is 31.2 Å². The van der Waals surface area contributed by atoms with E-state index in [1.165, 1.54) is 25.4 Å². The van der Waals surface area contributed by atoms with Crippen LogP contribution in [0, 0.1) is 0 Å². The van der Waals surface area contributed by atoms with Crippen LogP contribution in [0.1, 0.15) is 33.6 Å². The lowest BCUT2D eigenvalue weighted by molar-refractivity contribution is -0.155. The van der Waals surface area contributed by atoms with Crippen LogP contribution in [0.4, 0.5) is 22.0 Å². The molecule has 0 amide bonds. The Morgan fingerprint density at radius 3 is 2.53 bits per heavy atom. The number of nitrogens with one attached hydrogen (secondary N) is 2. The topological polar surface area (TPSA) is 99.5 Å². The molecule has 0 bridgehead atoms. The van der Waals surface area contributed by atoms with Gasteiger partial charge in [-0.2, -0.15) is 17.6 Å². The first-order valence-electron chi connectivity index (χ1n) is 11.7. The van der Waals surface area contributed by atoms with Gasteiger partial charge in [0, 0.05) is 18.2 Å². The molecule has 2 atom stereocenters. The maximum absolute atomic E-state index is 13.8. The van der Waals surface area contributed by atoms with E-state index in [2.05, 4.69) is 37.2 Å². The highest BCUT2D eigenvalue weighted by atomic mass is 32.2. The largest absolute Gasteiger partial charge is 0.413 e. The molecule has 2 fully saturated rings. The van der Waals surface area contributed by atoms with E-state index in [1.54, 1.807) is 32.1 Å². The van der Waals surface area contributed by atoms with E-state index >= 15 is 0 Å². The normalized spacial score (nSPS) is 25.3. The SMILES string of the molecule is C=CC(F)=N/C=C(\C)C=NC1C(=NC2(C(F)(F)F)CC2)NC(=NCC(/C=C(\C)F)=C/CSN)NC1/C=C\C. The summed E-state index contributed by atoms with van der Waals surface area (Å²) in [7, 11) is 0. The minimum absolute atomic E-state index is 0.0227. The van der Waals surface area contributed by atoms with Crippen molar-refractivity contribution in [3.8, 4) is 0 Å². The minimum atomic E-state index is -4.53. The van der Waals surface area contributed by atoms with E-state index in [9.17, 15) is 22.0 Å². The van der Waals surface area contributed by atoms with Crippen LogP contribution in [-0.4, -0.2) is 60.1 Å². The molecule has 2 unspecified atom stereocenters. The number of alkyl halides is 3. The molecule has 208 valence electrons. The number of hydrogen-bond donors (Lipinski definition) is 3. The lowest BCUT2D eigenvalue weighted by Crippen LogP contribution is -2.61. The first-order chi connectivity index (χ1) is 17.9. The first-order valence-corrected chi connectivity index (χ1v) is 12.8. The monoisotopic (exact) mass is 557 g/mol. The third-order valence-corrected chi connectivity index (χ3v) is 5.76. The molecule has 0 radical (unpaired) electrons. The number of aliphatic imine (C=N–C) groups is 4. The maximum Gasteiger partial charge on any atom is 0.413 e. The van der Waals surface area contributed by atoms with Crippen LogP contribution < -0.4 is 15.8 Å². The van der Waals surface area contributed by atoms with Crippen LogP contribution in [-0.2, 0) is 0 Å². The number of hydrogen-bond acceptors (Lipinski definition) is 6. The molecule has 0 aromatic heterocycles. The Hall–Kier alpha value is -3.06. The van der Waals surface area contributed by atoms with Crippen molar-refractivity contribution in [3.63, 3.8) is 0 Å². The van der Waals surface area contributed by atoms with E-state index in [1.807, 2.05) is 0 Å². The molecular formula is C25H32F5N7S. The summed E-state index contributed by atoms with van der Waals surface area (Å²) in [6.45, 7) is 7.99. The van der Waals surface area contributed by atoms with Crippen molar-refractivity contribution in [1.29, 1.82) is 0 Å². The van der Waals surface area contributed by atoms with Gasteiger partial charge in [-0.3, -0.25) is 15.1 Å². The van der Waals surface area contributed by atoms with Gasteiger partial charge in [0.25, 0.3) is 0 Å². The molecule has 2 rings (SSSR count). The molecule has 1 saturated carbocycles. The average Bonchev–Trinajstić information content (AvgIpc) is 3.64. The molecule has 1 aliphatic carbocycles. The van der Waals surface area contributed by atoms with Gasteiger partial charge in [0.15, 0.2) is 11.5 Å². The summed E-state index contributed by atoms with van der Waals surface area (Å²) in [5.74, 6) is -0.640. The molecule has 1 heterocycles. The Morgan fingerprint density at radius 2 is 1.97 bits per heavy atom. The zero-order valence-electron chi connectivity index (χ0n) is 21.4. The van der Waals surface area contributed by atoms with Crippen molar-refractivity contribution < 1.29 is 22.0 Å². The number of rotatable bonds is 11. The summed E-state index contributed by atoms with van der Waals surface area (Å²) in [6, 6.07) is -1.48. The van der Waals surface area contributed by atoms with Crippen molar-refractivity contribution in [3.05, 3.63) is 60.1 Å². The summed E-state index contributed by atoms with van der Waals surface area (Å²) >= 11 is 1.06. The smallest absolute Gasteiger partial charge is 0.347 e. The van der Waals surface area contributed by atoms with E-state index in [4.69, 9.17) is 5.14 Å². The zero-order chi connectivity index (χ0) is 28.3. The summed E-state index contributed by atoms with van der Waals surface area (Å²) in [6.07, 6.45) is 5.23. The fourth-order valence-corrected chi connectivity index (χ4v) is 3.66. The van der Waals surface area contributed by atoms with Crippen LogP contribution in [0.25, 0.3) is 0 Å². The fraction of sp³-hybridized carbons (Fsp3) is 0.440. The Kier molecular flexibility index (Phi) is 11.6. The average molecular weight is 558 g/mol. The van der Waals surface area contributed by atoms with Crippen LogP contribution in [0.2, 0.25) is 0 Å². The second-order valence-corrected chi connectivity index (χ2v) is 9.27. The van der Waals surface area contributed by atoms with Crippen molar-refractivity contribution in [1.82, 2.24) is 10.6 Å². The number of allylic oxidation sites excluding steroid dienone is 4. The summed E-state index contributed by atoms with van der Waals surface area (Å²) in [4.78, 5) is 16.5. The van der Waals surface area contributed by atoms with Crippen LogP contribution >= 0.6 is 11.9 Å². The molecule has 1 aliphatic heterocycles. The number of guanidine groups is 1. The van der Waals surface area contributed by atoms with Gasteiger partial charge in [0.2, 0.25) is 5.97 Å². The first kappa shape index (κ1) is 31.2. The lowest BCUT2D eigenvalue weighted by Gasteiger charge is -2.33. The van der Waals surface area contributed by atoms with E-state index < -0.39 is 35.6 Å². The second kappa shape index (κ2) is 14.2. The van der Waals surface area contributed by atoms with Gasteiger partial charge in [0.05, 0.1) is 18.4 Å². The minimum Gasteiger partial charge on any atom is -0.347 e. The Balaban J connectivity index is 2.48. The predicted octanol–water partition coefficient (Wildman–Crippen LogP) is 5.28. The summed E-state index contributed by atoms with van der Waals surface area (Å²) < 4.78 is 68.1. The molecular weight excluding hydrogens is 525 g/mol. The quantitative estimate of drug-likeness (QED) is 0.106. The Bertz CT molecular complexity index is 1090. The van der Waals surface area contributed by atoms with Gasteiger partial charge in [0.1, 0.15) is 11.9 Å². The van der Waals surface area contributed by atoms with E-state index in [0.29, 0.717) is 16.9 Å². The lowest BCUT2D eigenvalue weighted by atomic mass is 10.0. The number of nitrogens with zero attached hydrogens (tertiary/aromatic N) is 4. The van der Waals surface area contributed by atoms with Crippen LogP contribution in [0.5, 0.6) is 0 Å². The highest BCUT2D eigenvalue weighted by Crippen LogP contribution is 2.52. The Morgan fingerprint density at radius 1 is 1.26 bits per heavy atom. The third-order valence-electron chi connectivity index (χ3n) is 5.40. The fourth-order valence-electron chi connectivity index (χ4n) is 3.35. The molecule has 7 nitrogen and oxygen atoms in total. The van der Waals surface area contributed by atoms with Crippen molar-refractivity contribution >= 4 is 35.9 Å². The number of nitrogens with two attached hydrogens (primary N) is 1. The van der Waals surface area contributed by atoms with Crippen LogP contribution in [0.3, 0.4) is 0 Å². The molecule has 1 saturated heterocycles. The van der Waals surface area contributed by atoms with Gasteiger partial charge in [-0.15, -0.1) is 0 Å². The van der Waals surface area contributed by atoms with Gasteiger partial charge in [-0.05, 0) is 56.9 Å². The molecule has 0 aromatic carbocycles. The van der Waals surface area contributed by atoms with Gasteiger partial charge < -0.3 is 10.6 Å². The van der Waals surface area contributed by atoms with Gasteiger partial charge in [-0.1, -0.05) is 36.8 Å². The predicted molar refractivity (Wildman–Crippen MR) is 147 cm³/mol. The molecule has 2 aliphatic rings.